The molecule has 4 rings (SSSR count). The SMILES string of the molecule is CCCCCCN(CCCCCCCCCCCCCCCC(=O)OC)OC[C@]12COC(C1O[Si](C)(C)C(C)(C)C)[C@H](n1cnc3c(N)ncnc31)O2. The van der Waals surface area contributed by atoms with Gasteiger partial charge in [-0.2, -0.15) is 5.06 Å². The van der Waals surface area contributed by atoms with E-state index in [9.17, 15) is 4.79 Å². The molecule has 2 aromatic heterocycles. The zero-order valence-electron chi connectivity index (χ0n) is 34.2. The van der Waals surface area contributed by atoms with Crippen LogP contribution in [0.15, 0.2) is 12.7 Å². The van der Waals surface area contributed by atoms with Crippen molar-refractivity contribution in [3.05, 3.63) is 12.7 Å². The van der Waals surface area contributed by atoms with Crippen molar-refractivity contribution in [3.63, 3.8) is 0 Å². The van der Waals surface area contributed by atoms with Gasteiger partial charge in [0, 0.05) is 19.5 Å². The summed E-state index contributed by atoms with van der Waals surface area (Å²) < 4.78 is 27.3. The molecule has 2 aliphatic heterocycles. The van der Waals surface area contributed by atoms with Crippen LogP contribution in [0, 0.1) is 0 Å². The van der Waals surface area contributed by atoms with Gasteiger partial charge in [0.05, 0.1) is 20.0 Å². The summed E-state index contributed by atoms with van der Waals surface area (Å²) in [5.41, 5.74) is 6.56. The minimum Gasteiger partial charge on any atom is -0.469 e. The summed E-state index contributed by atoms with van der Waals surface area (Å²) >= 11 is 0. The van der Waals surface area contributed by atoms with Gasteiger partial charge in [-0.1, -0.05) is 118 Å². The van der Waals surface area contributed by atoms with E-state index in [4.69, 9.17) is 29.2 Å². The van der Waals surface area contributed by atoms with Crippen molar-refractivity contribution in [2.24, 2.45) is 0 Å². The number of rotatable bonds is 27. The van der Waals surface area contributed by atoms with Crippen LogP contribution < -0.4 is 5.73 Å². The minimum atomic E-state index is -2.19. The third-order valence-corrected chi connectivity index (χ3v) is 16.1. The summed E-state index contributed by atoms with van der Waals surface area (Å²) in [5, 5.41) is 2.21. The zero-order valence-corrected chi connectivity index (χ0v) is 35.2. The number of fused-ring (bicyclic) bond motifs is 3. The number of carbonyl (C=O) groups is 1. The highest BCUT2D eigenvalue weighted by atomic mass is 28.4. The molecule has 2 aliphatic rings. The van der Waals surface area contributed by atoms with E-state index in [1.807, 2.05) is 4.57 Å². The molecule has 2 saturated heterocycles. The highest BCUT2D eigenvalue weighted by molar-refractivity contribution is 6.74. The third-order valence-electron chi connectivity index (χ3n) is 11.6. The summed E-state index contributed by atoms with van der Waals surface area (Å²) in [7, 11) is -0.731. The lowest BCUT2D eigenvalue weighted by Crippen LogP contribution is -2.54. The fourth-order valence-electron chi connectivity index (χ4n) is 7.20. The summed E-state index contributed by atoms with van der Waals surface area (Å²) in [4.78, 5) is 31.1. The Labute approximate surface area is 320 Å². The normalized spacial score (nSPS) is 21.7. The van der Waals surface area contributed by atoms with E-state index in [-0.39, 0.29) is 23.2 Å². The number of esters is 1. The predicted molar refractivity (Wildman–Crippen MR) is 213 cm³/mol. The number of imidazole rings is 1. The van der Waals surface area contributed by atoms with Gasteiger partial charge >= 0.3 is 5.97 Å². The number of aromatic nitrogens is 4. The molecular formula is C40H72N6O6Si. The van der Waals surface area contributed by atoms with Gasteiger partial charge in [0.1, 0.15) is 36.3 Å². The van der Waals surface area contributed by atoms with Crippen LogP contribution in [0.2, 0.25) is 18.1 Å². The molecule has 0 amide bonds. The molecule has 2 aromatic rings. The summed E-state index contributed by atoms with van der Waals surface area (Å²) in [6.07, 6.45) is 23.5. The molecule has 0 spiro atoms. The van der Waals surface area contributed by atoms with Crippen molar-refractivity contribution in [3.8, 4) is 0 Å². The van der Waals surface area contributed by atoms with E-state index in [1.54, 1.807) is 6.33 Å². The Morgan fingerprint density at radius 1 is 0.925 bits per heavy atom. The number of nitrogens with zero attached hydrogens (tertiary/aromatic N) is 5. The molecule has 2 fully saturated rings. The van der Waals surface area contributed by atoms with Gasteiger partial charge in [-0.3, -0.25) is 14.2 Å². The van der Waals surface area contributed by atoms with Crippen LogP contribution in [0.5, 0.6) is 0 Å². The molecule has 0 saturated carbocycles. The first-order valence-electron chi connectivity index (χ1n) is 20.8. The second-order valence-corrected chi connectivity index (χ2v) is 21.7. The molecule has 2 bridgehead atoms. The van der Waals surface area contributed by atoms with E-state index in [2.05, 4.69) is 60.8 Å². The van der Waals surface area contributed by atoms with Gasteiger partial charge in [0.2, 0.25) is 0 Å². The topological polar surface area (TPSA) is 136 Å². The maximum atomic E-state index is 11.2. The number of hydrogen-bond acceptors (Lipinski definition) is 11. The number of ether oxygens (including phenoxy) is 3. The fourth-order valence-corrected chi connectivity index (χ4v) is 8.54. The van der Waals surface area contributed by atoms with E-state index in [0.717, 1.165) is 38.8 Å². The van der Waals surface area contributed by atoms with Gasteiger partial charge in [-0.15, -0.1) is 0 Å². The van der Waals surface area contributed by atoms with Crippen molar-refractivity contribution in [2.75, 3.05) is 39.1 Å². The van der Waals surface area contributed by atoms with Gasteiger partial charge in [-0.25, -0.2) is 15.0 Å². The highest BCUT2D eigenvalue weighted by Gasteiger charge is 2.65. The smallest absolute Gasteiger partial charge is 0.305 e. The van der Waals surface area contributed by atoms with Crippen LogP contribution >= 0.6 is 0 Å². The Morgan fingerprint density at radius 2 is 1.51 bits per heavy atom. The van der Waals surface area contributed by atoms with E-state index < -0.39 is 20.1 Å². The number of nitrogens with two attached hydrogens (primary N) is 1. The lowest BCUT2D eigenvalue weighted by atomic mass is 10.0. The molecule has 0 radical (unpaired) electrons. The largest absolute Gasteiger partial charge is 0.469 e. The molecule has 12 nitrogen and oxygen atoms in total. The monoisotopic (exact) mass is 761 g/mol. The maximum Gasteiger partial charge on any atom is 0.305 e. The highest BCUT2D eigenvalue weighted by Crippen LogP contribution is 2.50. The number of anilines is 1. The molecule has 0 aromatic carbocycles. The number of hydrogen-bond donors (Lipinski definition) is 1. The molecule has 0 aliphatic carbocycles. The van der Waals surface area contributed by atoms with Crippen molar-refractivity contribution >= 4 is 31.3 Å². The van der Waals surface area contributed by atoms with Crippen LogP contribution in [0.1, 0.15) is 149 Å². The van der Waals surface area contributed by atoms with Crippen LogP contribution in [0.3, 0.4) is 0 Å². The Kier molecular flexibility index (Phi) is 17.4. The Hall–Kier alpha value is -2.16. The zero-order chi connectivity index (χ0) is 38.3. The average Bonchev–Trinajstić information content (AvgIpc) is 3.79. The Morgan fingerprint density at radius 3 is 2.09 bits per heavy atom. The summed E-state index contributed by atoms with van der Waals surface area (Å²) in [6.45, 7) is 16.2. The van der Waals surface area contributed by atoms with Crippen molar-refractivity contribution < 1.29 is 28.3 Å². The molecule has 2 N–H and O–H groups in total. The van der Waals surface area contributed by atoms with Crippen molar-refractivity contribution in [2.45, 2.75) is 185 Å². The third kappa shape index (κ3) is 12.4. The Balaban J connectivity index is 1.26. The van der Waals surface area contributed by atoms with E-state index in [1.165, 1.54) is 96.9 Å². The number of hydroxylamine groups is 2. The standard InChI is InChI=1S/C40H72N6O6Si/c1-8-9-10-23-26-45(27-24-21-19-17-15-13-11-12-14-16-18-20-22-25-32(47)48-5)50-29-40-28-49-34(35(40)52-53(6,7)39(2,3)4)38(51-40)46-31-44-33-36(41)42-30-43-37(33)46/h30-31,34-35,38H,8-29H2,1-7H3,(H2,41,42,43)/t34?,35?,38-,40-/m1/s1. The van der Waals surface area contributed by atoms with Crippen molar-refractivity contribution in [1.29, 1.82) is 0 Å². The second-order valence-electron chi connectivity index (χ2n) is 16.9. The van der Waals surface area contributed by atoms with Gasteiger partial charge in [-0.05, 0) is 37.4 Å². The summed E-state index contributed by atoms with van der Waals surface area (Å²) in [6, 6.07) is 0. The molecule has 53 heavy (non-hydrogen) atoms. The van der Waals surface area contributed by atoms with Gasteiger partial charge < -0.3 is 24.4 Å². The lowest BCUT2D eigenvalue weighted by Gasteiger charge is -2.41. The van der Waals surface area contributed by atoms with Crippen LogP contribution in [-0.2, 0) is 28.3 Å². The van der Waals surface area contributed by atoms with Gasteiger partial charge in [0.15, 0.2) is 26.0 Å². The van der Waals surface area contributed by atoms with Crippen LogP contribution in [0.4, 0.5) is 5.82 Å². The number of methoxy groups -OCH3 is 1. The van der Waals surface area contributed by atoms with E-state index >= 15 is 0 Å². The van der Waals surface area contributed by atoms with Crippen LogP contribution in [0.25, 0.3) is 11.2 Å². The van der Waals surface area contributed by atoms with E-state index in [0.29, 0.717) is 36.6 Å². The maximum absolute atomic E-state index is 11.2. The first kappa shape index (κ1) is 43.6. The summed E-state index contributed by atoms with van der Waals surface area (Å²) in [5.74, 6) is 0.255. The average molecular weight is 761 g/mol. The number of carbonyl (C=O) groups excluding carboxylic acids is 1. The molecule has 13 heteroatoms. The quantitative estimate of drug-likeness (QED) is 0.0405. The van der Waals surface area contributed by atoms with Gasteiger partial charge in [0.25, 0.3) is 0 Å². The molecular weight excluding hydrogens is 689 g/mol. The lowest BCUT2D eigenvalue weighted by molar-refractivity contribution is -0.243. The first-order chi connectivity index (χ1) is 25.4. The second kappa shape index (κ2) is 21.2. The Bertz CT molecular complexity index is 1370. The number of unbranched alkanes of at least 4 members (excludes halogenated alkanes) is 15. The predicted octanol–water partition coefficient (Wildman–Crippen LogP) is 8.91. The van der Waals surface area contributed by atoms with Crippen LogP contribution in [-0.4, -0.2) is 90.1 Å². The minimum absolute atomic E-state index is 0.0235. The van der Waals surface area contributed by atoms with Crippen molar-refractivity contribution in [1.82, 2.24) is 24.6 Å². The first-order valence-corrected chi connectivity index (χ1v) is 23.7. The molecule has 2 unspecified atom stereocenters. The molecule has 4 atom stereocenters. The fraction of sp³-hybridized carbons (Fsp3) is 0.850. The number of nitrogen functional groups attached to an aromatic ring is 1. The molecule has 302 valence electrons. The molecule has 4 heterocycles.